The van der Waals surface area contributed by atoms with Crippen molar-refractivity contribution in [2.75, 3.05) is 0 Å². The number of benzene rings is 1. The smallest absolute Gasteiger partial charge is 0.364 e. The third kappa shape index (κ3) is 3.81. The zero-order valence-corrected chi connectivity index (χ0v) is 14.6. The molecule has 0 spiro atoms. The second-order valence-electron chi connectivity index (χ2n) is 6.06. The van der Waals surface area contributed by atoms with Gasteiger partial charge in [-0.1, -0.05) is 36.4 Å². The van der Waals surface area contributed by atoms with Gasteiger partial charge in [0.25, 0.3) is 0 Å². The highest BCUT2D eigenvalue weighted by Crippen LogP contribution is 2.41. The van der Waals surface area contributed by atoms with Crippen LogP contribution in [0.3, 0.4) is 0 Å². The minimum atomic E-state index is -4.69. The van der Waals surface area contributed by atoms with Crippen molar-refractivity contribution in [1.29, 1.82) is 0 Å². The lowest BCUT2D eigenvalue weighted by Crippen LogP contribution is -2.43. The Morgan fingerprint density at radius 2 is 1.96 bits per heavy atom. The Kier molecular flexibility index (Phi) is 5.15. The van der Waals surface area contributed by atoms with Crippen molar-refractivity contribution in [2.24, 2.45) is 5.10 Å². The maximum absolute atomic E-state index is 13.1. The van der Waals surface area contributed by atoms with Crippen molar-refractivity contribution in [3.8, 4) is 0 Å². The van der Waals surface area contributed by atoms with Crippen LogP contribution in [0, 0.1) is 0 Å². The molecule has 0 bridgehead atoms. The van der Waals surface area contributed by atoms with Crippen molar-refractivity contribution in [1.82, 2.24) is 5.01 Å². The molecular weight excluding hydrogens is 365 g/mol. The van der Waals surface area contributed by atoms with Gasteiger partial charge in [-0.25, -0.2) is 0 Å². The van der Waals surface area contributed by atoms with Crippen LogP contribution in [0.5, 0.6) is 0 Å². The van der Waals surface area contributed by atoms with E-state index >= 15 is 0 Å². The van der Waals surface area contributed by atoms with Gasteiger partial charge >= 0.3 is 6.18 Å². The van der Waals surface area contributed by atoms with Crippen LogP contribution >= 0.6 is 11.3 Å². The maximum Gasteiger partial charge on any atom is 0.431 e. The van der Waals surface area contributed by atoms with Crippen LogP contribution in [0.15, 0.2) is 52.9 Å². The van der Waals surface area contributed by atoms with Crippen LogP contribution in [0.1, 0.15) is 29.7 Å². The van der Waals surface area contributed by atoms with E-state index < -0.39 is 29.9 Å². The third-order valence-electron chi connectivity index (χ3n) is 4.16. The van der Waals surface area contributed by atoms with Gasteiger partial charge in [-0.3, -0.25) is 4.79 Å². The van der Waals surface area contributed by atoms with Gasteiger partial charge in [0.2, 0.25) is 11.6 Å². The Balaban J connectivity index is 1.75. The van der Waals surface area contributed by atoms with E-state index in [9.17, 15) is 23.1 Å². The summed E-state index contributed by atoms with van der Waals surface area (Å²) in [5.74, 6) is -0.629. The van der Waals surface area contributed by atoms with E-state index in [0.717, 1.165) is 16.9 Å². The molecule has 1 aliphatic rings. The number of nitrogens with zero attached hydrogens (tertiary/aromatic N) is 2. The zero-order chi connectivity index (χ0) is 18.8. The number of hydrazone groups is 1. The highest BCUT2D eigenvalue weighted by atomic mass is 32.1. The molecule has 8 heteroatoms. The van der Waals surface area contributed by atoms with Gasteiger partial charge in [-0.05, 0) is 29.9 Å². The van der Waals surface area contributed by atoms with Crippen molar-refractivity contribution in [3.63, 3.8) is 0 Å². The summed E-state index contributed by atoms with van der Waals surface area (Å²) in [6.07, 6.45) is -4.38. The summed E-state index contributed by atoms with van der Waals surface area (Å²) >= 11 is 1.09. The second kappa shape index (κ2) is 7.20. The maximum atomic E-state index is 13.1. The molecule has 3 rings (SSSR count). The number of carbonyl (C=O) groups excluding carboxylic acids is 1. The summed E-state index contributed by atoms with van der Waals surface area (Å²) in [5.41, 5.74) is -2.19. The molecule has 0 saturated carbocycles. The van der Waals surface area contributed by atoms with Crippen LogP contribution in [0.4, 0.5) is 13.2 Å². The molecule has 4 nitrogen and oxygen atoms in total. The number of aryl methyl sites for hydroxylation is 1. The van der Waals surface area contributed by atoms with E-state index in [2.05, 4.69) is 5.10 Å². The van der Waals surface area contributed by atoms with Gasteiger partial charge in [0.1, 0.15) is 5.71 Å². The lowest BCUT2D eigenvalue weighted by atomic mass is 10.0. The monoisotopic (exact) mass is 382 g/mol. The molecule has 1 aliphatic heterocycles. The number of carbonyl (C=O) groups is 1. The minimum absolute atomic E-state index is 0.00276. The molecular formula is C18H17F3N2O2S. The summed E-state index contributed by atoms with van der Waals surface area (Å²) in [6.45, 7) is 0. The van der Waals surface area contributed by atoms with Crippen molar-refractivity contribution in [2.45, 2.75) is 37.6 Å². The number of hydrogen-bond donors (Lipinski definition) is 1. The standard InChI is InChI=1S/C18H17F3N2O2S/c19-18(20,21)14-12-17(25,15-9-5-11-26-15)23(22-14)16(24)10-4-8-13-6-2-1-3-7-13/h1-3,5-7,9,11,25H,4,8,10,12H2/t17-/m0/s1. The molecule has 0 fully saturated rings. The SMILES string of the molecule is O=C(CCCc1ccccc1)N1N=C(C(F)(F)F)C[C@]1(O)c1cccs1. The van der Waals surface area contributed by atoms with Gasteiger partial charge in [-0.15, -0.1) is 11.3 Å². The number of rotatable bonds is 5. The average molecular weight is 382 g/mol. The van der Waals surface area contributed by atoms with Gasteiger partial charge in [0, 0.05) is 6.42 Å². The van der Waals surface area contributed by atoms with E-state index in [1.807, 2.05) is 30.3 Å². The third-order valence-corrected chi connectivity index (χ3v) is 5.17. The van der Waals surface area contributed by atoms with Crippen LogP contribution in [0.2, 0.25) is 0 Å². The first-order chi connectivity index (χ1) is 12.3. The van der Waals surface area contributed by atoms with E-state index in [0.29, 0.717) is 17.9 Å². The molecule has 1 aromatic carbocycles. The minimum Gasteiger partial charge on any atom is -0.364 e. The van der Waals surface area contributed by atoms with Crippen LogP contribution in [-0.4, -0.2) is 27.9 Å². The van der Waals surface area contributed by atoms with E-state index in [-0.39, 0.29) is 11.3 Å². The van der Waals surface area contributed by atoms with Crippen LogP contribution in [-0.2, 0) is 16.9 Å². The molecule has 1 aromatic heterocycles. The van der Waals surface area contributed by atoms with Gasteiger partial charge in [0.05, 0.1) is 11.3 Å². The number of halogens is 3. The number of aliphatic hydroxyl groups is 1. The van der Waals surface area contributed by atoms with Crippen molar-refractivity contribution < 1.29 is 23.1 Å². The van der Waals surface area contributed by atoms with Gasteiger partial charge < -0.3 is 5.11 Å². The second-order valence-corrected chi connectivity index (χ2v) is 7.01. The molecule has 0 unspecified atom stereocenters. The Bertz CT molecular complexity index is 791. The summed E-state index contributed by atoms with van der Waals surface area (Å²) in [4.78, 5) is 12.8. The Morgan fingerprint density at radius 3 is 2.58 bits per heavy atom. The predicted molar refractivity (Wildman–Crippen MR) is 92.5 cm³/mol. The van der Waals surface area contributed by atoms with Crippen molar-refractivity contribution >= 4 is 23.0 Å². The fourth-order valence-electron chi connectivity index (χ4n) is 2.86. The van der Waals surface area contributed by atoms with Gasteiger partial charge in [0.15, 0.2) is 0 Å². The highest BCUT2D eigenvalue weighted by molar-refractivity contribution is 7.10. The summed E-state index contributed by atoms with van der Waals surface area (Å²) in [7, 11) is 0. The molecule has 1 N–H and O–H groups in total. The van der Waals surface area contributed by atoms with Crippen molar-refractivity contribution in [3.05, 3.63) is 58.3 Å². The molecule has 1 atom stereocenters. The number of alkyl halides is 3. The molecule has 138 valence electrons. The Morgan fingerprint density at radius 1 is 1.23 bits per heavy atom. The first-order valence-corrected chi connectivity index (χ1v) is 8.97. The van der Waals surface area contributed by atoms with E-state index in [1.54, 1.807) is 11.4 Å². The van der Waals surface area contributed by atoms with Crippen LogP contribution < -0.4 is 0 Å². The normalized spacial score (nSPS) is 20.3. The van der Waals surface area contributed by atoms with E-state index in [4.69, 9.17) is 0 Å². The molecule has 1 amide bonds. The summed E-state index contributed by atoms with van der Waals surface area (Å²) in [5, 5.41) is 16.5. The molecule has 2 aromatic rings. The molecule has 26 heavy (non-hydrogen) atoms. The highest BCUT2D eigenvalue weighted by Gasteiger charge is 2.53. The lowest BCUT2D eigenvalue weighted by molar-refractivity contribution is -0.157. The quantitative estimate of drug-likeness (QED) is 0.848. The fraction of sp³-hybridized carbons (Fsp3) is 0.333. The first-order valence-electron chi connectivity index (χ1n) is 8.09. The summed E-state index contributed by atoms with van der Waals surface area (Å²) < 4.78 is 39.2. The molecule has 2 heterocycles. The predicted octanol–water partition coefficient (Wildman–Crippen LogP) is 4.07. The zero-order valence-electron chi connectivity index (χ0n) is 13.7. The largest absolute Gasteiger partial charge is 0.431 e. The van der Waals surface area contributed by atoms with Crippen LogP contribution in [0.25, 0.3) is 0 Å². The molecule has 0 aliphatic carbocycles. The fourth-order valence-corrected chi connectivity index (χ4v) is 3.67. The van der Waals surface area contributed by atoms with Gasteiger partial charge in [-0.2, -0.15) is 23.3 Å². The Hall–Kier alpha value is -2.19. The summed E-state index contributed by atoms with van der Waals surface area (Å²) in [6, 6.07) is 12.6. The number of thiophene rings is 1. The number of hydrogen-bond acceptors (Lipinski definition) is 4. The molecule has 0 radical (unpaired) electrons. The lowest BCUT2D eigenvalue weighted by Gasteiger charge is -2.30. The number of amides is 1. The van der Waals surface area contributed by atoms with E-state index in [1.165, 1.54) is 6.07 Å². The first kappa shape index (κ1) is 18.6. The average Bonchev–Trinajstić information content (AvgIpc) is 3.24. The Labute approximate surface area is 152 Å². The topological polar surface area (TPSA) is 52.9 Å². The molecule has 0 saturated heterocycles.